The Balaban J connectivity index is 1.69. The Morgan fingerprint density at radius 2 is 1.74 bits per heavy atom. The largest absolute Gasteiger partial charge is 0.416 e. The van der Waals surface area contributed by atoms with Gasteiger partial charge in [0.25, 0.3) is 5.91 Å². The number of thioether (sulfide) groups is 1. The number of carbonyl (C=O) groups excluding carboxylic acids is 1. The van der Waals surface area contributed by atoms with Crippen molar-refractivity contribution in [2.75, 3.05) is 5.32 Å². The summed E-state index contributed by atoms with van der Waals surface area (Å²) in [6.45, 7) is 6.28. The quantitative estimate of drug-likeness (QED) is 0.523. The van der Waals surface area contributed by atoms with Crippen LogP contribution in [0.1, 0.15) is 53.5 Å². The van der Waals surface area contributed by atoms with Gasteiger partial charge in [-0.25, -0.2) is 4.68 Å². The number of nitrogens with one attached hydrogen (secondary N) is 1. The minimum atomic E-state index is -4.46. The predicted octanol–water partition coefficient (Wildman–Crippen LogP) is 6.19. The molecule has 0 spiro atoms. The summed E-state index contributed by atoms with van der Waals surface area (Å²) in [6, 6.07) is 12.3. The summed E-state index contributed by atoms with van der Waals surface area (Å²) < 4.78 is 41.0. The van der Waals surface area contributed by atoms with Crippen LogP contribution in [0.5, 0.6) is 0 Å². The van der Waals surface area contributed by atoms with E-state index in [1.54, 1.807) is 30.0 Å². The van der Waals surface area contributed by atoms with Gasteiger partial charge < -0.3 is 5.32 Å². The van der Waals surface area contributed by atoms with Gasteiger partial charge in [-0.2, -0.15) is 30.0 Å². The van der Waals surface area contributed by atoms with Crippen molar-refractivity contribution in [1.29, 1.82) is 0 Å². The van der Waals surface area contributed by atoms with Crippen molar-refractivity contribution in [3.8, 4) is 5.69 Å². The Bertz CT molecular complexity index is 1130. The van der Waals surface area contributed by atoms with Gasteiger partial charge in [0, 0.05) is 22.6 Å². The van der Waals surface area contributed by atoms with Crippen LogP contribution in [0.2, 0.25) is 0 Å². The van der Waals surface area contributed by atoms with Crippen molar-refractivity contribution < 1.29 is 18.0 Å². The lowest BCUT2D eigenvalue weighted by Crippen LogP contribution is -2.17. The van der Waals surface area contributed by atoms with Gasteiger partial charge in [0.1, 0.15) is 5.82 Å². The first-order chi connectivity index (χ1) is 14.5. The third-order valence-corrected chi connectivity index (χ3v) is 6.19. The molecule has 0 fully saturated rings. The van der Waals surface area contributed by atoms with Gasteiger partial charge in [-0.15, -0.1) is 0 Å². The first-order valence-electron chi connectivity index (χ1n) is 9.82. The number of nitrogens with zero attached hydrogens (tertiary/aromatic N) is 2. The summed E-state index contributed by atoms with van der Waals surface area (Å²) in [5.41, 5.74) is 2.68. The molecular formula is C23H22F3N3OS. The molecule has 0 radical (unpaired) electrons. The number of amides is 1. The van der Waals surface area contributed by atoms with E-state index in [4.69, 9.17) is 0 Å². The van der Waals surface area contributed by atoms with Gasteiger partial charge >= 0.3 is 6.18 Å². The molecule has 2 aromatic carbocycles. The maximum atomic E-state index is 13.2. The molecule has 1 aromatic heterocycles. The van der Waals surface area contributed by atoms with Crippen LogP contribution in [0.4, 0.5) is 19.0 Å². The van der Waals surface area contributed by atoms with Gasteiger partial charge in [-0.1, -0.05) is 39.0 Å². The molecule has 2 heterocycles. The maximum absolute atomic E-state index is 13.2. The summed E-state index contributed by atoms with van der Waals surface area (Å²) in [5, 5.41) is 7.38. The van der Waals surface area contributed by atoms with Crippen LogP contribution in [0.15, 0.2) is 48.5 Å². The van der Waals surface area contributed by atoms with E-state index in [-0.39, 0.29) is 17.0 Å². The van der Waals surface area contributed by atoms with E-state index < -0.39 is 11.7 Å². The zero-order chi connectivity index (χ0) is 22.4. The molecule has 0 saturated carbocycles. The van der Waals surface area contributed by atoms with E-state index in [9.17, 15) is 18.0 Å². The molecule has 0 bridgehead atoms. The zero-order valence-corrected chi connectivity index (χ0v) is 18.2. The van der Waals surface area contributed by atoms with Gasteiger partial charge in [0.05, 0.1) is 16.9 Å². The number of carbonyl (C=O) groups is 1. The highest BCUT2D eigenvalue weighted by molar-refractivity contribution is 7.98. The first kappa shape index (κ1) is 21.5. The highest BCUT2D eigenvalue weighted by Gasteiger charge is 2.31. The molecule has 1 N–H and O–H groups in total. The fourth-order valence-electron chi connectivity index (χ4n) is 3.44. The molecule has 8 heteroatoms. The van der Waals surface area contributed by atoms with Gasteiger partial charge in [0.2, 0.25) is 0 Å². The van der Waals surface area contributed by atoms with Gasteiger partial charge in [-0.05, 0) is 41.3 Å². The molecular weight excluding hydrogens is 423 g/mol. The Kier molecular flexibility index (Phi) is 5.37. The minimum Gasteiger partial charge on any atom is -0.306 e. The molecule has 1 aliphatic rings. The second-order valence-corrected chi connectivity index (χ2v) is 9.49. The Labute approximate surface area is 182 Å². The number of halogens is 3. The van der Waals surface area contributed by atoms with Crippen LogP contribution in [-0.4, -0.2) is 15.7 Å². The maximum Gasteiger partial charge on any atom is 0.416 e. The van der Waals surface area contributed by atoms with E-state index in [0.717, 1.165) is 29.0 Å². The predicted molar refractivity (Wildman–Crippen MR) is 117 cm³/mol. The second-order valence-electron chi connectivity index (χ2n) is 8.51. The SMILES string of the molecule is CC(C)(C)c1ccc(C(=O)Nc2c3c(nn2-c2cccc(C(F)(F)F)c2)CSC3)cc1. The van der Waals surface area contributed by atoms with Crippen molar-refractivity contribution in [2.45, 2.75) is 43.9 Å². The summed E-state index contributed by atoms with van der Waals surface area (Å²) in [7, 11) is 0. The summed E-state index contributed by atoms with van der Waals surface area (Å²) >= 11 is 1.66. The summed E-state index contributed by atoms with van der Waals surface area (Å²) in [6.07, 6.45) is -4.46. The molecule has 0 aliphatic carbocycles. The van der Waals surface area contributed by atoms with E-state index >= 15 is 0 Å². The smallest absolute Gasteiger partial charge is 0.306 e. The number of fused-ring (bicyclic) bond motifs is 1. The van der Waals surface area contributed by atoms with Crippen LogP contribution in [0, 0.1) is 0 Å². The number of hydrogen-bond acceptors (Lipinski definition) is 3. The molecule has 0 saturated heterocycles. The topological polar surface area (TPSA) is 46.9 Å². The molecule has 1 aliphatic heterocycles. The minimum absolute atomic E-state index is 0.0326. The molecule has 0 atom stereocenters. The van der Waals surface area contributed by atoms with Crippen LogP contribution in [0.25, 0.3) is 5.69 Å². The standard InChI is InChI=1S/C23H22F3N3OS/c1-22(2,3)15-9-7-14(8-10-15)21(30)27-20-18-12-31-13-19(18)28-29(20)17-6-4-5-16(11-17)23(24,25)26/h4-11H,12-13H2,1-3H3,(H,27,30). The van der Waals surface area contributed by atoms with Crippen molar-refractivity contribution >= 4 is 23.5 Å². The fraction of sp³-hybridized carbons (Fsp3) is 0.304. The lowest BCUT2D eigenvalue weighted by Gasteiger charge is -2.19. The molecule has 4 nitrogen and oxygen atoms in total. The van der Waals surface area contributed by atoms with E-state index in [2.05, 4.69) is 31.2 Å². The van der Waals surface area contributed by atoms with Crippen molar-refractivity contribution in [3.05, 3.63) is 76.5 Å². The fourth-order valence-corrected chi connectivity index (χ4v) is 4.48. The normalized spacial score (nSPS) is 13.9. The molecule has 1 amide bonds. The highest BCUT2D eigenvalue weighted by atomic mass is 32.2. The summed E-state index contributed by atoms with van der Waals surface area (Å²) in [5.74, 6) is 1.40. The molecule has 4 rings (SSSR count). The molecule has 162 valence electrons. The molecule has 0 unspecified atom stereocenters. The zero-order valence-electron chi connectivity index (χ0n) is 17.4. The first-order valence-corrected chi connectivity index (χ1v) is 11.0. The lowest BCUT2D eigenvalue weighted by molar-refractivity contribution is -0.137. The van der Waals surface area contributed by atoms with Crippen LogP contribution >= 0.6 is 11.8 Å². The average molecular weight is 446 g/mol. The van der Waals surface area contributed by atoms with E-state index in [1.165, 1.54) is 10.7 Å². The van der Waals surface area contributed by atoms with Crippen LogP contribution < -0.4 is 5.32 Å². The number of alkyl halides is 3. The highest BCUT2D eigenvalue weighted by Crippen LogP contribution is 2.37. The number of rotatable bonds is 3. The number of aromatic nitrogens is 2. The Hall–Kier alpha value is -2.74. The van der Waals surface area contributed by atoms with Crippen molar-refractivity contribution in [2.24, 2.45) is 0 Å². The van der Waals surface area contributed by atoms with Gasteiger partial charge in [-0.3, -0.25) is 4.79 Å². The number of hydrogen-bond donors (Lipinski definition) is 1. The van der Waals surface area contributed by atoms with E-state index in [1.807, 2.05) is 12.1 Å². The lowest BCUT2D eigenvalue weighted by atomic mass is 9.87. The average Bonchev–Trinajstić information content (AvgIpc) is 3.29. The van der Waals surface area contributed by atoms with Gasteiger partial charge in [0.15, 0.2) is 0 Å². The molecule has 3 aromatic rings. The number of benzene rings is 2. The Morgan fingerprint density at radius 1 is 1.03 bits per heavy atom. The van der Waals surface area contributed by atoms with Crippen LogP contribution in [0.3, 0.4) is 0 Å². The summed E-state index contributed by atoms with van der Waals surface area (Å²) in [4.78, 5) is 12.9. The Morgan fingerprint density at radius 3 is 2.39 bits per heavy atom. The third kappa shape index (κ3) is 4.35. The monoisotopic (exact) mass is 445 g/mol. The second kappa shape index (κ2) is 7.75. The third-order valence-electron chi connectivity index (χ3n) is 5.21. The van der Waals surface area contributed by atoms with Crippen molar-refractivity contribution in [1.82, 2.24) is 9.78 Å². The van der Waals surface area contributed by atoms with Crippen molar-refractivity contribution in [3.63, 3.8) is 0 Å². The van der Waals surface area contributed by atoms with E-state index in [0.29, 0.717) is 22.9 Å². The van der Waals surface area contributed by atoms with Crippen LogP contribution in [-0.2, 0) is 23.1 Å². The number of anilines is 1. The molecule has 31 heavy (non-hydrogen) atoms.